The Bertz CT molecular complexity index is 893. The molecule has 0 bridgehead atoms. The number of nitrogens with zero attached hydrogens (tertiary/aromatic N) is 1. The first-order chi connectivity index (χ1) is 14.3. The molecule has 3 unspecified atom stereocenters. The van der Waals surface area contributed by atoms with Gasteiger partial charge in [-0.1, -0.05) is 41.9 Å². The molecule has 1 heterocycles. The lowest BCUT2D eigenvalue weighted by atomic mass is 9.75. The number of aromatic hydroxyl groups is 1. The van der Waals surface area contributed by atoms with E-state index in [1.165, 1.54) is 0 Å². The zero-order chi connectivity index (χ0) is 21.9. The first kappa shape index (κ1) is 22.6. The Balaban J connectivity index is 2.36. The molecule has 2 aromatic carbocycles. The number of benzene rings is 2. The van der Waals surface area contributed by atoms with Gasteiger partial charge >= 0.3 is 0 Å². The van der Waals surface area contributed by atoms with Gasteiger partial charge in [0.2, 0.25) is 0 Å². The number of carbonyl (C=O) groups excluding carboxylic acids is 1. The van der Waals surface area contributed by atoms with Gasteiger partial charge in [0.1, 0.15) is 23.5 Å². The fraction of sp³-hybridized carbons (Fsp3) is 0.458. The predicted molar refractivity (Wildman–Crippen MR) is 121 cm³/mol. The molecule has 1 saturated heterocycles. The van der Waals surface area contributed by atoms with Crippen LogP contribution in [0.25, 0.3) is 0 Å². The zero-order valence-electron chi connectivity index (χ0n) is 18.0. The van der Waals surface area contributed by atoms with Crippen molar-refractivity contribution in [2.75, 3.05) is 27.3 Å². The van der Waals surface area contributed by atoms with E-state index < -0.39 is 5.54 Å². The van der Waals surface area contributed by atoms with Crippen molar-refractivity contribution in [3.05, 3.63) is 52.0 Å². The molecule has 30 heavy (non-hydrogen) atoms. The summed E-state index contributed by atoms with van der Waals surface area (Å²) in [7, 11) is 3.13. The highest BCUT2D eigenvalue weighted by molar-refractivity contribution is 9.10. The lowest BCUT2D eigenvalue weighted by Crippen LogP contribution is -2.53. The number of phenolic OH excluding ortho intramolecular Hbond substituents is 1. The van der Waals surface area contributed by atoms with E-state index in [4.69, 9.17) is 9.47 Å². The summed E-state index contributed by atoms with van der Waals surface area (Å²) < 4.78 is 12.0. The van der Waals surface area contributed by atoms with Gasteiger partial charge in [-0.25, -0.2) is 0 Å². The third-order valence-corrected chi connectivity index (χ3v) is 6.51. The number of piperidine rings is 1. The summed E-state index contributed by atoms with van der Waals surface area (Å²) in [6, 6.07) is 11.3. The summed E-state index contributed by atoms with van der Waals surface area (Å²) in [4.78, 5) is 14.4. The van der Waals surface area contributed by atoms with E-state index in [9.17, 15) is 9.90 Å². The second-order valence-corrected chi connectivity index (χ2v) is 9.23. The molecule has 0 aliphatic carbocycles. The number of hydrogen-bond donors (Lipinski definition) is 1. The highest BCUT2D eigenvalue weighted by atomic mass is 79.9. The lowest BCUT2D eigenvalue weighted by molar-refractivity contribution is -0.110. The van der Waals surface area contributed by atoms with Gasteiger partial charge < -0.3 is 19.4 Å². The second kappa shape index (κ2) is 9.40. The third kappa shape index (κ3) is 4.21. The van der Waals surface area contributed by atoms with Crippen molar-refractivity contribution in [1.29, 1.82) is 0 Å². The van der Waals surface area contributed by atoms with E-state index in [1.54, 1.807) is 26.4 Å². The van der Waals surface area contributed by atoms with E-state index in [0.717, 1.165) is 35.8 Å². The van der Waals surface area contributed by atoms with Crippen LogP contribution < -0.4 is 9.47 Å². The summed E-state index contributed by atoms with van der Waals surface area (Å²) in [5, 5.41) is 11.2. The SMILES string of the molecule is COc1cc(O)c(C(CC=O)(c2cccc(Br)c2)N2CC(C)CC(C)C2)c(OC)c1. The molecule has 0 spiro atoms. The average Bonchev–Trinajstić information content (AvgIpc) is 2.71. The van der Waals surface area contributed by atoms with Crippen molar-refractivity contribution in [2.45, 2.75) is 32.2 Å². The van der Waals surface area contributed by atoms with Crippen LogP contribution in [0.3, 0.4) is 0 Å². The van der Waals surface area contributed by atoms with Crippen LogP contribution in [-0.2, 0) is 10.3 Å². The fourth-order valence-electron chi connectivity index (χ4n) is 4.95. The minimum absolute atomic E-state index is 0.0545. The molecule has 0 amide bonds. The average molecular weight is 476 g/mol. The Morgan fingerprint density at radius 1 is 1.17 bits per heavy atom. The number of phenols is 1. The van der Waals surface area contributed by atoms with Crippen LogP contribution in [-0.4, -0.2) is 43.6 Å². The number of carbonyl (C=O) groups is 1. The van der Waals surface area contributed by atoms with Crippen LogP contribution in [0.1, 0.15) is 37.8 Å². The first-order valence-corrected chi connectivity index (χ1v) is 11.0. The van der Waals surface area contributed by atoms with Crippen LogP contribution >= 0.6 is 15.9 Å². The number of likely N-dealkylation sites (tertiary alicyclic amines) is 1. The Labute approximate surface area is 187 Å². The Kier molecular flexibility index (Phi) is 7.09. The molecule has 3 atom stereocenters. The maximum atomic E-state index is 12.1. The van der Waals surface area contributed by atoms with E-state index in [-0.39, 0.29) is 12.2 Å². The molecule has 0 aromatic heterocycles. The van der Waals surface area contributed by atoms with Crippen LogP contribution in [0.2, 0.25) is 0 Å². The van der Waals surface area contributed by atoms with Crippen molar-refractivity contribution in [2.24, 2.45) is 11.8 Å². The molecular weight excluding hydrogens is 446 g/mol. The topological polar surface area (TPSA) is 59.0 Å². The van der Waals surface area contributed by atoms with Crippen molar-refractivity contribution in [3.63, 3.8) is 0 Å². The molecule has 5 nitrogen and oxygen atoms in total. The van der Waals surface area contributed by atoms with Gasteiger partial charge in [-0.3, -0.25) is 4.90 Å². The van der Waals surface area contributed by atoms with Crippen molar-refractivity contribution >= 4 is 22.2 Å². The van der Waals surface area contributed by atoms with Gasteiger partial charge in [-0.15, -0.1) is 0 Å². The van der Waals surface area contributed by atoms with Gasteiger partial charge in [0, 0.05) is 36.1 Å². The molecule has 1 N–H and O–H groups in total. The third-order valence-electron chi connectivity index (χ3n) is 6.01. The van der Waals surface area contributed by atoms with Crippen LogP contribution in [0.4, 0.5) is 0 Å². The minimum Gasteiger partial charge on any atom is -0.507 e. The lowest BCUT2D eigenvalue weighted by Gasteiger charge is -2.49. The van der Waals surface area contributed by atoms with E-state index in [2.05, 4.69) is 34.7 Å². The normalized spacial score (nSPS) is 21.6. The van der Waals surface area contributed by atoms with Crippen molar-refractivity contribution in [1.82, 2.24) is 4.90 Å². The monoisotopic (exact) mass is 475 g/mol. The number of halogens is 1. The fourth-order valence-corrected chi connectivity index (χ4v) is 5.34. The highest BCUT2D eigenvalue weighted by Crippen LogP contribution is 2.50. The zero-order valence-corrected chi connectivity index (χ0v) is 19.6. The van der Waals surface area contributed by atoms with Gasteiger partial charge in [-0.05, 0) is 36.0 Å². The maximum absolute atomic E-state index is 12.1. The number of aldehydes is 1. The maximum Gasteiger partial charge on any atom is 0.131 e. The summed E-state index contributed by atoms with van der Waals surface area (Å²) in [6.45, 7) is 6.11. The van der Waals surface area contributed by atoms with Gasteiger partial charge in [-0.2, -0.15) is 0 Å². The smallest absolute Gasteiger partial charge is 0.131 e. The molecule has 1 aliphatic heterocycles. The molecule has 2 aromatic rings. The summed E-state index contributed by atoms with van der Waals surface area (Å²) in [5.41, 5.74) is 0.664. The van der Waals surface area contributed by atoms with Gasteiger partial charge in [0.05, 0.1) is 25.3 Å². The Morgan fingerprint density at radius 3 is 2.43 bits per heavy atom. The number of hydrogen-bond acceptors (Lipinski definition) is 5. The molecule has 1 aliphatic rings. The molecule has 3 rings (SSSR count). The number of ether oxygens (including phenoxy) is 2. The van der Waals surface area contributed by atoms with Crippen LogP contribution in [0.5, 0.6) is 17.2 Å². The van der Waals surface area contributed by atoms with Crippen molar-refractivity contribution < 1.29 is 19.4 Å². The Morgan fingerprint density at radius 2 is 1.87 bits per heavy atom. The minimum atomic E-state index is -0.865. The summed E-state index contributed by atoms with van der Waals surface area (Å²) in [6.07, 6.45) is 2.27. The molecule has 6 heteroatoms. The largest absolute Gasteiger partial charge is 0.507 e. The number of rotatable bonds is 7. The molecule has 1 fully saturated rings. The molecule has 0 saturated carbocycles. The molecular formula is C24H30BrNO4. The van der Waals surface area contributed by atoms with Crippen LogP contribution in [0, 0.1) is 11.8 Å². The van der Waals surface area contributed by atoms with E-state index in [0.29, 0.717) is 28.9 Å². The molecule has 162 valence electrons. The predicted octanol–water partition coefficient (Wildman–Crippen LogP) is 4.98. The first-order valence-electron chi connectivity index (χ1n) is 10.3. The highest BCUT2D eigenvalue weighted by Gasteiger charge is 2.46. The van der Waals surface area contributed by atoms with Crippen molar-refractivity contribution in [3.8, 4) is 17.2 Å². The Hall–Kier alpha value is -2.05. The quantitative estimate of drug-likeness (QED) is 0.572. The summed E-state index contributed by atoms with van der Waals surface area (Å²) in [5.74, 6) is 2.00. The standard InChI is InChI=1S/C24H30BrNO4/c1-16-10-17(2)15-26(14-16)24(8-9-27,18-6-5-7-19(25)11-18)23-21(28)12-20(29-3)13-22(23)30-4/h5-7,9,11-13,16-17,28H,8,10,14-15H2,1-4H3. The van der Waals surface area contributed by atoms with E-state index in [1.807, 2.05) is 24.3 Å². The van der Waals surface area contributed by atoms with Gasteiger partial charge in [0.15, 0.2) is 0 Å². The van der Waals surface area contributed by atoms with Crippen LogP contribution in [0.15, 0.2) is 40.9 Å². The number of methoxy groups -OCH3 is 2. The molecule has 0 radical (unpaired) electrons. The summed E-state index contributed by atoms with van der Waals surface area (Å²) >= 11 is 3.58. The van der Waals surface area contributed by atoms with E-state index >= 15 is 0 Å². The van der Waals surface area contributed by atoms with Gasteiger partial charge in [0.25, 0.3) is 0 Å². The second-order valence-electron chi connectivity index (χ2n) is 8.32.